The van der Waals surface area contributed by atoms with E-state index in [1.54, 1.807) is 18.5 Å². The van der Waals surface area contributed by atoms with Crippen molar-refractivity contribution in [2.75, 3.05) is 61.1 Å². The van der Waals surface area contributed by atoms with Crippen LogP contribution in [0, 0.1) is 12.7 Å². The molecule has 0 saturated carbocycles. The molecule has 2 aromatic carbocycles. The minimum absolute atomic E-state index is 0.0834. The Labute approximate surface area is 203 Å². The number of anilines is 4. The number of hydrogen-bond donors (Lipinski definition) is 1. The summed E-state index contributed by atoms with van der Waals surface area (Å²) in [6.07, 6.45) is 0. The maximum Gasteiger partial charge on any atom is 0.253 e. The van der Waals surface area contributed by atoms with Gasteiger partial charge in [-0.15, -0.1) is 0 Å². The number of aromatic nitrogens is 1. The van der Waals surface area contributed by atoms with Crippen LogP contribution in [0.3, 0.4) is 0 Å². The topological polar surface area (TPSA) is 101 Å². The zero-order chi connectivity index (χ0) is 25.1. The van der Waals surface area contributed by atoms with Crippen molar-refractivity contribution in [2.24, 2.45) is 12.2 Å². The van der Waals surface area contributed by atoms with Crippen molar-refractivity contribution in [3.05, 3.63) is 52.1 Å². The molecule has 0 bridgehead atoms. The van der Waals surface area contributed by atoms with Gasteiger partial charge in [-0.05, 0) is 31.2 Å². The molecule has 186 valence electrons. The molecule has 2 aliphatic heterocycles. The van der Waals surface area contributed by atoms with Crippen LogP contribution < -0.4 is 25.4 Å². The monoisotopic (exact) mass is 501 g/mol. The molecular formula is C24H28FN5O4S. The van der Waals surface area contributed by atoms with E-state index in [0.717, 1.165) is 22.3 Å². The highest BCUT2D eigenvalue weighted by Gasteiger charge is 2.29. The number of nitrogens with two attached hydrogens (primary N) is 1. The third-order valence-electron chi connectivity index (χ3n) is 6.85. The molecule has 0 amide bonds. The zero-order valence-corrected chi connectivity index (χ0v) is 20.7. The Bertz CT molecular complexity index is 1500. The quantitative estimate of drug-likeness (QED) is 0.586. The average Bonchev–Trinajstić information content (AvgIpc) is 2.82. The van der Waals surface area contributed by atoms with Crippen LogP contribution in [0.1, 0.15) is 5.56 Å². The second kappa shape index (κ2) is 8.51. The Morgan fingerprint density at radius 3 is 2.34 bits per heavy atom. The summed E-state index contributed by atoms with van der Waals surface area (Å²) in [5.74, 6) is -0.884. The number of likely N-dealkylation sites (N-methyl/N-ethyl adjacent to an activating group) is 1. The summed E-state index contributed by atoms with van der Waals surface area (Å²) in [5.41, 5.74) is 4.12. The molecule has 0 radical (unpaired) electrons. The lowest BCUT2D eigenvalue weighted by molar-refractivity contribution is 0.122. The number of sulfonamides is 1. The van der Waals surface area contributed by atoms with E-state index in [2.05, 4.69) is 4.90 Å². The maximum atomic E-state index is 14.7. The molecule has 5 rings (SSSR count). The third kappa shape index (κ3) is 4.03. The number of morpholine rings is 1. The van der Waals surface area contributed by atoms with E-state index in [4.69, 9.17) is 9.88 Å². The van der Waals surface area contributed by atoms with Gasteiger partial charge in [0.15, 0.2) is 0 Å². The number of benzene rings is 2. The van der Waals surface area contributed by atoms with Crippen LogP contribution in [0.15, 0.2) is 40.0 Å². The van der Waals surface area contributed by atoms with Crippen molar-refractivity contribution in [2.45, 2.75) is 11.8 Å². The van der Waals surface area contributed by atoms with Crippen molar-refractivity contribution in [3.8, 4) is 0 Å². The first-order valence-corrected chi connectivity index (χ1v) is 12.9. The van der Waals surface area contributed by atoms with Crippen LogP contribution >= 0.6 is 0 Å². The van der Waals surface area contributed by atoms with Gasteiger partial charge >= 0.3 is 0 Å². The second-order valence-corrected chi connectivity index (χ2v) is 10.6. The van der Waals surface area contributed by atoms with Gasteiger partial charge in [0.05, 0.1) is 35.8 Å². The van der Waals surface area contributed by atoms with Crippen molar-refractivity contribution >= 4 is 43.7 Å². The fourth-order valence-corrected chi connectivity index (χ4v) is 5.53. The van der Waals surface area contributed by atoms with Crippen LogP contribution in [-0.2, 0) is 21.8 Å². The summed E-state index contributed by atoms with van der Waals surface area (Å²) >= 11 is 0. The predicted molar refractivity (Wildman–Crippen MR) is 135 cm³/mol. The standard InChI is InChI=1S/C24H28FN5O4S/c1-15-10-17-19(28(3)24(15)31)11-16(29-6-8-34-9-7-29)12-20(17)30-5-4-27(2)21-13-18(25)23(14-22(21)30)35(26,32)33/h10-14H,4-9H2,1-3H3,(H2,26,32,33). The van der Waals surface area contributed by atoms with Crippen molar-refractivity contribution in [1.29, 1.82) is 0 Å². The van der Waals surface area contributed by atoms with Crippen LogP contribution in [0.25, 0.3) is 10.9 Å². The number of primary sulfonamides is 1. The molecule has 0 unspecified atom stereocenters. The van der Waals surface area contributed by atoms with Gasteiger partial charge < -0.3 is 24.0 Å². The lowest BCUT2D eigenvalue weighted by Crippen LogP contribution is -2.38. The highest BCUT2D eigenvalue weighted by molar-refractivity contribution is 7.89. The predicted octanol–water partition coefficient (Wildman–Crippen LogP) is 2.06. The summed E-state index contributed by atoms with van der Waals surface area (Å²) in [5, 5.41) is 6.17. The van der Waals surface area contributed by atoms with Gasteiger partial charge in [-0.25, -0.2) is 17.9 Å². The molecule has 9 nitrogen and oxygen atoms in total. The zero-order valence-electron chi connectivity index (χ0n) is 19.9. The lowest BCUT2D eigenvalue weighted by atomic mass is 10.0. The van der Waals surface area contributed by atoms with Gasteiger partial charge in [-0.2, -0.15) is 0 Å². The van der Waals surface area contributed by atoms with Gasteiger partial charge in [0, 0.05) is 63.0 Å². The minimum atomic E-state index is -4.26. The molecule has 0 spiro atoms. The minimum Gasteiger partial charge on any atom is -0.378 e. The smallest absolute Gasteiger partial charge is 0.253 e. The van der Waals surface area contributed by atoms with Crippen molar-refractivity contribution in [1.82, 2.24) is 4.57 Å². The Morgan fingerprint density at radius 1 is 0.943 bits per heavy atom. The van der Waals surface area contributed by atoms with E-state index in [1.807, 2.05) is 35.0 Å². The summed E-state index contributed by atoms with van der Waals surface area (Å²) in [6, 6.07) is 8.43. The number of pyridine rings is 1. The lowest BCUT2D eigenvalue weighted by Gasteiger charge is -2.38. The Morgan fingerprint density at radius 2 is 1.66 bits per heavy atom. The van der Waals surface area contributed by atoms with Crippen LogP contribution in [0.4, 0.5) is 27.1 Å². The van der Waals surface area contributed by atoms with Crippen LogP contribution in [0.5, 0.6) is 0 Å². The number of aryl methyl sites for hydroxylation is 2. The fourth-order valence-electron chi connectivity index (χ4n) is 4.93. The van der Waals surface area contributed by atoms with E-state index in [0.29, 0.717) is 56.3 Å². The highest BCUT2D eigenvalue weighted by Crippen LogP contribution is 2.43. The number of nitrogens with zero attached hydrogens (tertiary/aromatic N) is 4. The van der Waals surface area contributed by atoms with Crippen LogP contribution in [-0.4, -0.2) is 59.4 Å². The SMILES string of the molecule is Cc1cc2c(N3CCN(C)c4cc(F)c(S(N)(=O)=O)cc43)cc(N3CCOCC3)cc2n(C)c1=O. The average molecular weight is 502 g/mol. The van der Waals surface area contributed by atoms with Gasteiger partial charge in [0.2, 0.25) is 10.0 Å². The molecule has 11 heteroatoms. The van der Waals surface area contributed by atoms with E-state index in [9.17, 15) is 17.6 Å². The van der Waals surface area contributed by atoms with E-state index >= 15 is 0 Å². The number of rotatable bonds is 3. The second-order valence-electron chi connectivity index (χ2n) is 9.08. The van der Waals surface area contributed by atoms with Crippen molar-refractivity contribution in [3.63, 3.8) is 0 Å². The molecule has 1 saturated heterocycles. The fraction of sp³-hybridized carbons (Fsp3) is 0.375. The van der Waals surface area contributed by atoms with Gasteiger partial charge in [-0.3, -0.25) is 4.79 Å². The molecule has 2 aliphatic rings. The number of hydrogen-bond acceptors (Lipinski definition) is 7. The maximum absolute atomic E-state index is 14.7. The first kappa shape index (κ1) is 23.6. The normalized spacial score (nSPS) is 16.7. The third-order valence-corrected chi connectivity index (χ3v) is 7.77. The van der Waals surface area contributed by atoms with Gasteiger partial charge in [-0.1, -0.05) is 0 Å². The molecule has 1 aromatic heterocycles. The highest BCUT2D eigenvalue weighted by atomic mass is 32.2. The Balaban J connectivity index is 1.80. The first-order valence-electron chi connectivity index (χ1n) is 11.4. The first-order chi connectivity index (χ1) is 16.6. The molecule has 0 aliphatic carbocycles. The summed E-state index contributed by atoms with van der Waals surface area (Å²) in [6.45, 7) is 5.53. The molecule has 3 heterocycles. The van der Waals surface area contributed by atoms with Gasteiger partial charge in [0.1, 0.15) is 10.7 Å². The van der Waals surface area contributed by atoms with E-state index in [1.165, 1.54) is 12.1 Å². The molecular weight excluding hydrogens is 473 g/mol. The van der Waals surface area contributed by atoms with Gasteiger partial charge in [0.25, 0.3) is 5.56 Å². The van der Waals surface area contributed by atoms with Crippen LogP contribution in [0.2, 0.25) is 0 Å². The summed E-state index contributed by atoms with van der Waals surface area (Å²) < 4.78 is 46.1. The number of fused-ring (bicyclic) bond motifs is 2. The van der Waals surface area contributed by atoms with Crippen molar-refractivity contribution < 1.29 is 17.5 Å². The molecule has 2 N–H and O–H groups in total. The summed E-state index contributed by atoms with van der Waals surface area (Å²) in [4.78, 5) is 18.3. The molecule has 0 atom stereocenters. The molecule has 3 aromatic rings. The van der Waals surface area contributed by atoms with E-state index in [-0.39, 0.29) is 5.56 Å². The van der Waals surface area contributed by atoms with E-state index < -0.39 is 20.7 Å². The Hall–Kier alpha value is -3.15. The number of ether oxygens (including phenoxy) is 1. The molecule has 1 fully saturated rings. The number of halogens is 1. The largest absolute Gasteiger partial charge is 0.378 e. The molecule has 35 heavy (non-hydrogen) atoms. The Kier molecular flexibility index (Phi) is 5.73. The summed E-state index contributed by atoms with van der Waals surface area (Å²) in [7, 11) is -0.682.